The molecular formula is C12H14N2O2. The maximum atomic E-state index is 10.6. The molecule has 0 saturated carbocycles. The van der Waals surface area contributed by atoms with Gasteiger partial charge < -0.3 is 15.8 Å². The Labute approximate surface area is 93.1 Å². The Hall–Kier alpha value is -1.81. The third-order valence-corrected chi connectivity index (χ3v) is 2.61. The van der Waals surface area contributed by atoms with Crippen LogP contribution in [0.15, 0.2) is 24.4 Å². The molecule has 2 rings (SSSR count). The first-order valence-electron chi connectivity index (χ1n) is 5.21. The molecule has 0 aliphatic heterocycles. The van der Waals surface area contributed by atoms with Crippen LogP contribution in [-0.2, 0) is 17.6 Å². The number of aromatic nitrogens is 1. The van der Waals surface area contributed by atoms with Crippen LogP contribution < -0.4 is 5.73 Å². The molecule has 0 amide bonds. The van der Waals surface area contributed by atoms with Gasteiger partial charge in [-0.15, -0.1) is 0 Å². The number of aromatic amines is 1. The summed E-state index contributed by atoms with van der Waals surface area (Å²) in [4.78, 5) is 13.7. The highest BCUT2D eigenvalue weighted by Crippen LogP contribution is 2.20. The second-order valence-electron chi connectivity index (χ2n) is 3.80. The van der Waals surface area contributed by atoms with Crippen molar-refractivity contribution in [3.05, 3.63) is 35.5 Å². The van der Waals surface area contributed by atoms with Gasteiger partial charge in [-0.1, -0.05) is 12.1 Å². The van der Waals surface area contributed by atoms with E-state index < -0.39 is 5.97 Å². The summed E-state index contributed by atoms with van der Waals surface area (Å²) < 4.78 is 0. The van der Waals surface area contributed by atoms with Gasteiger partial charge in [0.1, 0.15) is 0 Å². The normalized spacial score (nSPS) is 10.8. The van der Waals surface area contributed by atoms with Crippen molar-refractivity contribution in [3.8, 4) is 0 Å². The van der Waals surface area contributed by atoms with E-state index in [1.165, 1.54) is 5.56 Å². The molecule has 0 radical (unpaired) electrons. The molecule has 0 atom stereocenters. The maximum absolute atomic E-state index is 10.6. The van der Waals surface area contributed by atoms with Crippen LogP contribution in [-0.4, -0.2) is 22.6 Å². The van der Waals surface area contributed by atoms with Crippen molar-refractivity contribution in [2.45, 2.75) is 12.8 Å². The number of nitrogens with two attached hydrogens (primary N) is 1. The number of carbonyl (C=O) groups is 1. The van der Waals surface area contributed by atoms with Crippen LogP contribution >= 0.6 is 0 Å². The van der Waals surface area contributed by atoms with Crippen LogP contribution in [0.3, 0.4) is 0 Å². The molecule has 0 aliphatic carbocycles. The lowest BCUT2D eigenvalue weighted by Crippen LogP contribution is -2.02. The first-order chi connectivity index (χ1) is 7.70. The van der Waals surface area contributed by atoms with Crippen LogP contribution in [0.25, 0.3) is 10.9 Å². The highest BCUT2D eigenvalue weighted by Gasteiger charge is 2.07. The second-order valence-corrected chi connectivity index (χ2v) is 3.80. The Bertz CT molecular complexity index is 517. The van der Waals surface area contributed by atoms with Gasteiger partial charge in [0, 0.05) is 17.1 Å². The molecule has 16 heavy (non-hydrogen) atoms. The van der Waals surface area contributed by atoms with E-state index in [4.69, 9.17) is 10.8 Å². The monoisotopic (exact) mass is 218 g/mol. The maximum Gasteiger partial charge on any atom is 0.307 e. The van der Waals surface area contributed by atoms with Crippen LogP contribution in [0, 0.1) is 0 Å². The van der Waals surface area contributed by atoms with E-state index in [-0.39, 0.29) is 6.42 Å². The van der Waals surface area contributed by atoms with Crippen LogP contribution in [0.5, 0.6) is 0 Å². The number of aliphatic carboxylic acids is 1. The molecule has 0 unspecified atom stereocenters. The summed E-state index contributed by atoms with van der Waals surface area (Å²) in [5.41, 5.74) is 8.45. The summed E-state index contributed by atoms with van der Waals surface area (Å²) in [5, 5.41) is 9.73. The van der Waals surface area contributed by atoms with Crippen molar-refractivity contribution in [3.63, 3.8) is 0 Å². The Morgan fingerprint density at radius 3 is 2.94 bits per heavy atom. The van der Waals surface area contributed by atoms with E-state index in [1.807, 2.05) is 18.2 Å². The van der Waals surface area contributed by atoms with Gasteiger partial charge in [-0.05, 0) is 30.2 Å². The lowest BCUT2D eigenvalue weighted by Gasteiger charge is -1.99. The average Bonchev–Trinajstić information content (AvgIpc) is 2.61. The molecule has 1 heterocycles. The molecule has 1 aromatic carbocycles. The number of hydrogen-bond donors (Lipinski definition) is 3. The van der Waals surface area contributed by atoms with Gasteiger partial charge in [0.25, 0.3) is 0 Å². The Kier molecular flexibility index (Phi) is 2.92. The summed E-state index contributed by atoms with van der Waals surface area (Å²) in [6.07, 6.45) is 2.64. The first kappa shape index (κ1) is 10.7. The zero-order valence-electron chi connectivity index (χ0n) is 8.86. The summed E-state index contributed by atoms with van der Waals surface area (Å²) >= 11 is 0. The third-order valence-electron chi connectivity index (χ3n) is 2.61. The van der Waals surface area contributed by atoms with E-state index in [9.17, 15) is 4.79 Å². The predicted octanol–water partition coefficient (Wildman–Crippen LogP) is 1.30. The van der Waals surface area contributed by atoms with Gasteiger partial charge in [0.15, 0.2) is 0 Å². The molecule has 2 aromatic rings. The highest BCUT2D eigenvalue weighted by atomic mass is 16.4. The Morgan fingerprint density at radius 1 is 1.44 bits per heavy atom. The molecule has 0 aliphatic rings. The van der Waals surface area contributed by atoms with Crippen molar-refractivity contribution in [2.75, 3.05) is 6.54 Å². The fraction of sp³-hybridized carbons (Fsp3) is 0.250. The van der Waals surface area contributed by atoms with Crippen LogP contribution in [0.2, 0.25) is 0 Å². The molecule has 4 heteroatoms. The number of carboxylic acid groups (broad SMARTS) is 1. The number of hydrogen-bond acceptors (Lipinski definition) is 2. The SMILES string of the molecule is NCCc1ccc2c(CC(=O)O)c[nH]c2c1. The summed E-state index contributed by atoms with van der Waals surface area (Å²) in [6, 6.07) is 5.97. The molecular weight excluding hydrogens is 204 g/mol. The number of carboxylic acids is 1. The fourth-order valence-corrected chi connectivity index (χ4v) is 1.86. The lowest BCUT2D eigenvalue weighted by atomic mass is 10.1. The third kappa shape index (κ3) is 2.06. The van der Waals surface area contributed by atoms with Gasteiger partial charge in [-0.2, -0.15) is 0 Å². The van der Waals surface area contributed by atoms with E-state index in [0.717, 1.165) is 22.9 Å². The van der Waals surface area contributed by atoms with Gasteiger partial charge in [0.05, 0.1) is 6.42 Å². The number of fused-ring (bicyclic) bond motifs is 1. The van der Waals surface area contributed by atoms with Crippen molar-refractivity contribution >= 4 is 16.9 Å². The molecule has 0 bridgehead atoms. The number of rotatable bonds is 4. The molecule has 4 nitrogen and oxygen atoms in total. The summed E-state index contributed by atoms with van der Waals surface area (Å²) in [7, 11) is 0. The topological polar surface area (TPSA) is 79.1 Å². The molecule has 0 spiro atoms. The lowest BCUT2D eigenvalue weighted by molar-refractivity contribution is -0.136. The average molecular weight is 218 g/mol. The predicted molar refractivity (Wildman–Crippen MR) is 62.4 cm³/mol. The molecule has 1 aromatic heterocycles. The van der Waals surface area contributed by atoms with Gasteiger partial charge in [-0.3, -0.25) is 4.79 Å². The number of nitrogens with one attached hydrogen (secondary N) is 1. The molecule has 4 N–H and O–H groups in total. The van der Waals surface area contributed by atoms with Gasteiger partial charge >= 0.3 is 5.97 Å². The largest absolute Gasteiger partial charge is 0.481 e. The molecule has 84 valence electrons. The minimum Gasteiger partial charge on any atom is -0.481 e. The Morgan fingerprint density at radius 2 is 2.25 bits per heavy atom. The van der Waals surface area contributed by atoms with Crippen LogP contribution in [0.1, 0.15) is 11.1 Å². The highest BCUT2D eigenvalue weighted by molar-refractivity contribution is 5.87. The zero-order valence-corrected chi connectivity index (χ0v) is 8.86. The van der Waals surface area contributed by atoms with Crippen LogP contribution in [0.4, 0.5) is 0 Å². The van der Waals surface area contributed by atoms with E-state index in [1.54, 1.807) is 6.20 Å². The quantitative estimate of drug-likeness (QED) is 0.723. The van der Waals surface area contributed by atoms with Crippen molar-refractivity contribution < 1.29 is 9.90 Å². The summed E-state index contributed by atoms with van der Waals surface area (Å²) in [5.74, 6) is -0.813. The second kappa shape index (κ2) is 4.37. The van der Waals surface area contributed by atoms with E-state index in [2.05, 4.69) is 4.98 Å². The van der Waals surface area contributed by atoms with Crippen molar-refractivity contribution in [1.29, 1.82) is 0 Å². The van der Waals surface area contributed by atoms with Crippen molar-refractivity contribution in [1.82, 2.24) is 4.98 Å². The fourth-order valence-electron chi connectivity index (χ4n) is 1.86. The molecule has 0 saturated heterocycles. The van der Waals surface area contributed by atoms with Crippen molar-refractivity contribution in [2.24, 2.45) is 5.73 Å². The van der Waals surface area contributed by atoms with E-state index in [0.29, 0.717) is 6.54 Å². The standard InChI is InChI=1S/C12H14N2O2/c13-4-3-8-1-2-10-9(6-12(15)16)7-14-11(10)5-8/h1-2,5,7,14H,3-4,6,13H2,(H,15,16). The minimum absolute atomic E-state index is 0.0518. The first-order valence-corrected chi connectivity index (χ1v) is 5.21. The molecule has 0 fully saturated rings. The smallest absolute Gasteiger partial charge is 0.307 e. The Balaban J connectivity index is 2.38. The minimum atomic E-state index is -0.813. The summed E-state index contributed by atoms with van der Waals surface area (Å²) in [6.45, 7) is 0.619. The number of H-pyrrole nitrogens is 1. The van der Waals surface area contributed by atoms with Gasteiger partial charge in [-0.25, -0.2) is 0 Å². The zero-order chi connectivity index (χ0) is 11.5. The number of benzene rings is 1. The van der Waals surface area contributed by atoms with Gasteiger partial charge in [0.2, 0.25) is 0 Å². The van der Waals surface area contributed by atoms with E-state index >= 15 is 0 Å².